The Morgan fingerprint density at radius 1 is 0.688 bits per heavy atom. The average molecular weight is 426 g/mol. The number of fused-ring (bicyclic) bond motifs is 1. The van der Waals surface area contributed by atoms with Gasteiger partial charge in [-0.15, -0.1) is 0 Å². The van der Waals surface area contributed by atoms with E-state index in [1.807, 2.05) is 26.0 Å². The molecule has 4 aromatic rings. The lowest BCUT2D eigenvalue weighted by atomic mass is 10.0. The van der Waals surface area contributed by atoms with Gasteiger partial charge in [-0.3, -0.25) is 9.97 Å². The molecule has 0 aliphatic heterocycles. The molecular formula is C24H22N6O2. The van der Waals surface area contributed by atoms with Crippen LogP contribution in [0.1, 0.15) is 33.6 Å². The number of hydrogen-bond acceptors (Lipinski definition) is 8. The third-order valence-corrected chi connectivity index (χ3v) is 5.37. The van der Waals surface area contributed by atoms with Crippen LogP contribution in [0.15, 0.2) is 71.5 Å². The molecule has 0 unspecified atom stereocenters. The first kappa shape index (κ1) is 21.0. The van der Waals surface area contributed by atoms with E-state index in [9.17, 15) is 10.4 Å². The van der Waals surface area contributed by atoms with Gasteiger partial charge in [-0.1, -0.05) is 10.3 Å². The van der Waals surface area contributed by atoms with Crippen LogP contribution in [0, 0.1) is 13.8 Å². The zero-order chi connectivity index (χ0) is 22.5. The number of hydrogen-bond donors (Lipinski definition) is 2. The maximum atomic E-state index is 9.68. The monoisotopic (exact) mass is 426 g/mol. The summed E-state index contributed by atoms with van der Waals surface area (Å²) in [5, 5.41) is 26.4. The minimum absolute atomic E-state index is 0.251. The average Bonchev–Trinajstić information content (AvgIpc) is 2.83. The van der Waals surface area contributed by atoms with Crippen LogP contribution in [0.5, 0.6) is 0 Å². The highest BCUT2D eigenvalue weighted by atomic mass is 16.4. The minimum Gasteiger partial charge on any atom is -0.411 e. The Morgan fingerprint density at radius 3 is 1.41 bits per heavy atom. The van der Waals surface area contributed by atoms with Crippen LogP contribution < -0.4 is 0 Å². The molecule has 0 atom stereocenters. The predicted octanol–water partition coefficient (Wildman–Crippen LogP) is 3.88. The molecule has 0 bridgehead atoms. The number of aromatic nitrogens is 4. The molecule has 0 radical (unpaired) electrons. The topological polar surface area (TPSA) is 117 Å². The second kappa shape index (κ2) is 9.30. The Hall–Kier alpha value is -4.20. The largest absolute Gasteiger partial charge is 0.411 e. The predicted molar refractivity (Wildman–Crippen MR) is 122 cm³/mol. The van der Waals surface area contributed by atoms with Crippen LogP contribution in [0.3, 0.4) is 0 Å². The highest BCUT2D eigenvalue weighted by Gasteiger charge is 2.17. The van der Waals surface area contributed by atoms with Crippen molar-refractivity contribution in [1.82, 2.24) is 19.9 Å². The van der Waals surface area contributed by atoms with Crippen molar-refractivity contribution in [1.29, 1.82) is 0 Å². The molecule has 32 heavy (non-hydrogen) atoms. The molecule has 8 nitrogen and oxygen atoms in total. The van der Waals surface area contributed by atoms with E-state index in [-0.39, 0.29) is 12.8 Å². The summed E-state index contributed by atoms with van der Waals surface area (Å²) in [6.07, 6.45) is 7.06. The first-order chi connectivity index (χ1) is 15.6. The molecule has 8 heteroatoms. The maximum absolute atomic E-state index is 9.68. The van der Waals surface area contributed by atoms with Gasteiger partial charge in [-0.2, -0.15) is 0 Å². The number of oxime groups is 2. The molecule has 2 N–H and O–H groups in total. The van der Waals surface area contributed by atoms with E-state index >= 15 is 0 Å². The van der Waals surface area contributed by atoms with Crippen LogP contribution in [-0.4, -0.2) is 41.8 Å². The highest BCUT2D eigenvalue weighted by Crippen LogP contribution is 2.21. The van der Waals surface area contributed by atoms with Gasteiger partial charge in [0, 0.05) is 48.8 Å². The van der Waals surface area contributed by atoms with Crippen molar-refractivity contribution in [2.24, 2.45) is 10.3 Å². The van der Waals surface area contributed by atoms with Crippen LogP contribution in [0.25, 0.3) is 11.0 Å². The molecule has 0 amide bonds. The molecule has 3 heterocycles. The van der Waals surface area contributed by atoms with Gasteiger partial charge >= 0.3 is 0 Å². The van der Waals surface area contributed by atoms with E-state index in [1.165, 1.54) is 0 Å². The Kier molecular flexibility index (Phi) is 6.12. The van der Waals surface area contributed by atoms with Crippen molar-refractivity contribution in [3.63, 3.8) is 0 Å². The molecular weight excluding hydrogens is 404 g/mol. The Balaban J connectivity index is 1.81. The third-order valence-electron chi connectivity index (χ3n) is 5.37. The number of benzene rings is 1. The molecule has 4 rings (SSSR count). The Bertz CT molecular complexity index is 1200. The lowest BCUT2D eigenvalue weighted by Crippen LogP contribution is -2.15. The summed E-state index contributed by atoms with van der Waals surface area (Å²) in [5.41, 5.74) is 7.38. The molecule has 0 saturated heterocycles. The van der Waals surface area contributed by atoms with Crippen molar-refractivity contribution in [3.05, 3.63) is 94.8 Å². The van der Waals surface area contributed by atoms with Crippen molar-refractivity contribution in [3.8, 4) is 0 Å². The van der Waals surface area contributed by atoms with Gasteiger partial charge in [-0.25, -0.2) is 9.97 Å². The molecule has 160 valence electrons. The van der Waals surface area contributed by atoms with Crippen molar-refractivity contribution < 1.29 is 10.4 Å². The second-order valence-corrected chi connectivity index (χ2v) is 7.46. The maximum Gasteiger partial charge on any atom is 0.0929 e. The van der Waals surface area contributed by atoms with Crippen molar-refractivity contribution >= 4 is 22.5 Å². The van der Waals surface area contributed by atoms with Gasteiger partial charge in [0.05, 0.1) is 33.8 Å². The Labute approximate surface area is 185 Å². The fourth-order valence-corrected chi connectivity index (χ4v) is 3.46. The van der Waals surface area contributed by atoms with Gasteiger partial charge in [0.2, 0.25) is 0 Å². The van der Waals surface area contributed by atoms with Gasteiger partial charge in [-0.05, 0) is 61.4 Å². The van der Waals surface area contributed by atoms with E-state index in [4.69, 9.17) is 9.97 Å². The zero-order valence-electron chi connectivity index (χ0n) is 17.8. The lowest BCUT2D eigenvalue weighted by molar-refractivity contribution is 0.318. The minimum atomic E-state index is 0.251. The van der Waals surface area contributed by atoms with Gasteiger partial charge in [0.15, 0.2) is 0 Å². The van der Waals surface area contributed by atoms with Crippen LogP contribution in [0.4, 0.5) is 0 Å². The SMILES string of the molecule is Cc1cc2nc(CC(=NO)c3ccncc3)c(CC(=NO)c3ccncc3)nc2cc1C. The smallest absolute Gasteiger partial charge is 0.0929 e. The molecule has 0 aliphatic carbocycles. The zero-order valence-corrected chi connectivity index (χ0v) is 17.8. The van der Waals surface area contributed by atoms with Gasteiger partial charge < -0.3 is 10.4 Å². The third kappa shape index (κ3) is 4.44. The van der Waals surface area contributed by atoms with E-state index in [0.717, 1.165) is 33.3 Å². The summed E-state index contributed by atoms with van der Waals surface area (Å²) >= 11 is 0. The number of nitrogens with zero attached hydrogens (tertiary/aromatic N) is 6. The van der Waals surface area contributed by atoms with E-state index in [1.54, 1.807) is 49.1 Å². The number of pyridine rings is 2. The van der Waals surface area contributed by atoms with E-state index in [0.29, 0.717) is 22.8 Å². The molecule has 0 saturated carbocycles. The quantitative estimate of drug-likeness (QED) is 0.275. The molecule has 0 fully saturated rings. The molecule has 0 spiro atoms. The summed E-state index contributed by atoms with van der Waals surface area (Å²) in [6.45, 7) is 4.06. The van der Waals surface area contributed by atoms with E-state index < -0.39 is 0 Å². The fourth-order valence-electron chi connectivity index (χ4n) is 3.46. The first-order valence-corrected chi connectivity index (χ1v) is 10.1. The first-order valence-electron chi connectivity index (χ1n) is 10.1. The summed E-state index contributed by atoms with van der Waals surface area (Å²) < 4.78 is 0. The normalized spacial score (nSPS) is 12.3. The van der Waals surface area contributed by atoms with Crippen molar-refractivity contribution in [2.75, 3.05) is 0 Å². The second-order valence-electron chi connectivity index (χ2n) is 7.46. The van der Waals surface area contributed by atoms with Gasteiger partial charge in [0.25, 0.3) is 0 Å². The standard InChI is InChI=1S/C24H22N6O2/c1-15-11-21-22(12-16(15)2)28-24(14-20(30-32)18-5-9-26-10-6-18)23(27-21)13-19(29-31)17-3-7-25-8-4-17/h3-12,31-32H,13-14H2,1-2H3. The van der Waals surface area contributed by atoms with Gasteiger partial charge in [0.1, 0.15) is 0 Å². The van der Waals surface area contributed by atoms with Crippen LogP contribution in [0.2, 0.25) is 0 Å². The lowest BCUT2D eigenvalue weighted by Gasteiger charge is -2.13. The molecule has 1 aromatic carbocycles. The number of aryl methyl sites for hydroxylation is 2. The van der Waals surface area contributed by atoms with E-state index in [2.05, 4.69) is 20.3 Å². The molecule has 0 aliphatic rings. The summed E-state index contributed by atoms with van der Waals surface area (Å²) in [4.78, 5) is 17.7. The summed E-state index contributed by atoms with van der Waals surface area (Å²) in [7, 11) is 0. The highest BCUT2D eigenvalue weighted by molar-refractivity contribution is 6.03. The Morgan fingerprint density at radius 2 is 1.06 bits per heavy atom. The van der Waals surface area contributed by atoms with Crippen molar-refractivity contribution in [2.45, 2.75) is 26.7 Å². The van der Waals surface area contributed by atoms with Crippen LogP contribution in [-0.2, 0) is 12.8 Å². The summed E-state index contributed by atoms with van der Waals surface area (Å²) in [6, 6.07) is 11.1. The van der Waals surface area contributed by atoms with Crippen LogP contribution >= 0.6 is 0 Å². The number of rotatable bonds is 6. The fraction of sp³-hybridized carbons (Fsp3) is 0.167. The summed E-state index contributed by atoms with van der Waals surface area (Å²) in [5.74, 6) is 0. The molecule has 3 aromatic heterocycles.